The molecule has 1 N–H and O–H groups in total. The predicted octanol–water partition coefficient (Wildman–Crippen LogP) is 1.77. The van der Waals surface area contributed by atoms with Crippen LogP contribution in [0.4, 0.5) is 0 Å². The molecule has 0 saturated carbocycles. The van der Waals surface area contributed by atoms with Gasteiger partial charge in [-0.3, -0.25) is 4.79 Å². The molecule has 2 aromatic heterocycles. The van der Waals surface area contributed by atoms with Crippen molar-refractivity contribution >= 4 is 0 Å². The molecular weight excluding hydrogens is 242 g/mol. The van der Waals surface area contributed by atoms with Crippen molar-refractivity contribution in [3.63, 3.8) is 0 Å². The summed E-state index contributed by atoms with van der Waals surface area (Å²) in [6.45, 7) is 7.33. The van der Waals surface area contributed by atoms with E-state index in [0.717, 1.165) is 11.5 Å². The molecule has 2 heterocycles. The summed E-state index contributed by atoms with van der Waals surface area (Å²) in [7, 11) is 0. The molecule has 5 nitrogen and oxygen atoms in total. The third-order valence-electron chi connectivity index (χ3n) is 2.60. The Hall–Kier alpha value is -1.88. The summed E-state index contributed by atoms with van der Waals surface area (Å²) < 4.78 is 7.05. The van der Waals surface area contributed by atoms with Crippen LogP contribution in [-0.4, -0.2) is 15.3 Å². The molecule has 0 aliphatic carbocycles. The summed E-state index contributed by atoms with van der Waals surface area (Å²) in [6.07, 6.45) is 1.59. The minimum atomic E-state index is -0.131. The average Bonchev–Trinajstić information content (AvgIpc) is 2.77. The highest BCUT2D eigenvalue weighted by molar-refractivity contribution is 5.07. The Balaban J connectivity index is 2.02. The lowest BCUT2D eigenvalue weighted by Gasteiger charge is -2.19. The van der Waals surface area contributed by atoms with Crippen molar-refractivity contribution in [2.24, 2.45) is 0 Å². The molecule has 102 valence electrons. The quantitative estimate of drug-likeness (QED) is 0.911. The lowest BCUT2D eigenvalue weighted by Crippen LogP contribution is -2.34. The Kier molecular flexibility index (Phi) is 3.85. The summed E-state index contributed by atoms with van der Waals surface area (Å²) >= 11 is 0. The first kappa shape index (κ1) is 13.5. The van der Waals surface area contributed by atoms with E-state index in [0.29, 0.717) is 13.1 Å². The summed E-state index contributed by atoms with van der Waals surface area (Å²) in [5, 5.41) is 7.35. The number of nitrogens with zero attached hydrogens (tertiary/aromatic N) is 2. The number of hydrogen-bond acceptors (Lipinski definition) is 4. The fraction of sp³-hybridized carbons (Fsp3) is 0.429. The van der Waals surface area contributed by atoms with Crippen molar-refractivity contribution in [2.45, 2.75) is 39.4 Å². The van der Waals surface area contributed by atoms with E-state index in [-0.39, 0.29) is 11.1 Å². The fourth-order valence-corrected chi connectivity index (χ4v) is 1.61. The van der Waals surface area contributed by atoms with Crippen LogP contribution in [-0.2, 0) is 13.1 Å². The van der Waals surface area contributed by atoms with Crippen LogP contribution in [0.25, 0.3) is 0 Å². The maximum Gasteiger partial charge on any atom is 0.267 e. The highest BCUT2D eigenvalue weighted by atomic mass is 16.3. The minimum Gasteiger partial charge on any atom is -0.463 e. The van der Waals surface area contributed by atoms with Crippen molar-refractivity contribution in [3.8, 4) is 0 Å². The molecule has 0 aromatic carbocycles. The Morgan fingerprint density at radius 3 is 2.68 bits per heavy atom. The number of hydrogen-bond donors (Lipinski definition) is 1. The zero-order valence-corrected chi connectivity index (χ0v) is 11.5. The van der Waals surface area contributed by atoms with Gasteiger partial charge in [-0.25, -0.2) is 4.68 Å². The standard InChI is InChI=1S/C14H19N3O2/c1-14(2,3)15-9-11-6-7-12(19-11)10-17-13(18)5-4-8-16-17/h4-8,15H,9-10H2,1-3H3. The summed E-state index contributed by atoms with van der Waals surface area (Å²) in [6, 6.07) is 6.90. The third-order valence-corrected chi connectivity index (χ3v) is 2.60. The van der Waals surface area contributed by atoms with Gasteiger partial charge >= 0.3 is 0 Å². The molecule has 0 radical (unpaired) electrons. The number of nitrogens with one attached hydrogen (secondary N) is 1. The van der Waals surface area contributed by atoms with Gasteiger partial charge in [-0.05, 0) is 39.0 Å². The SMILES string of the molecule is CC(C)(C)NCc1ccc(Cn2ncccc2=O)o1. The summed E-state index contributed by atoms with van der Waals surface area (Å²) in [5.41, 5.74) is -0.0847. The van der Waals surface area contributed by atoms with E-state index >= 15 is 0 Å². The normalized spacial score (nSPS) is 11.7. The molecule has 2 aromatic rings. The van der Waals surface area contributed by atoms with E-state index in [1.54, 1.807) is 12.3 Å². The van der Waals surface area contributed by atoms with Gasteiger partial charge in [0.2, 0.25) is 0 Å². The van der Waals surface area contributed by atoms with Gasteiger partial charge in [0.05, 0.1) is 6.54 Å². The molecule has 0 bridgehead atoms. The van der Waals surface area contributed by atoms with Crippen LogP contribution >= 0.6 is 0 Å². The lowest BCUT2D eigenvalue weighted by atomic mass is 10.1. The Bertz CT molecular complexity index is 593. The van der Waals surface area contributed by atoms with E-state index in [9.17, 15) is 4.79 Å². The van der Waals surface area contributed by atoms with Gasteiger partial charge in [-0.1, -0.05) is 0 Å². The van der Waals surface area contributed by atoms with Crippen molar-refractivity contribution in [1.82, 2.24) is 15.1 Å². The van der Waals surface area contributed by atoms with Crippen molar-refractivity contribution in [3.05, 3.63) is 52.3 Å². The van der Waals surface area contributed by atoms with Crippen LogP contribution in [0.1, 0.15) is 32.3 Å². The van der Waals surface area contributed by atoms with Crippen molar-refractivity contribution < 1.29 is 4.42 Å². The summed E-state index contributed by atoms with van der Waals surface area (Å²) in [5.74, 6) is 1.58. The molecular formula is C14H19N3O2. The summed E-state index contributed by atoms with van der Waals surface area (Å²) in [4.78, 5) is 11.5. The molecule has 19 heavy (non-hydrogen) atoms. The second-order valence-electron chi connectivity index (χ2n) is 5.49. The first-order valence-electron chi connectivity index (χ1n) is 6.29. The van der Waals surface area contributed by atoms with Crippen LogP contribution in [0.2, 0.25) is 0 Å². The Morgan fingerprint density at radius 2 is 2.00 bits per heavy atom. The van der Waals surface area contributed by atoms with E-state index < -0.39 is 0 Å². The molecule has 0 atom stereocenters. The van der Waals surface area contributed by atoms with Gasteiger partial charge in [-0.2, -0.15) is 5.10 Å². The monoisotopic (exact) mass is 261 g/mol. The van der Waals surface area contributed by atoms with Crippen molar-refractivity contribution in [2.75, 3.05) is 0 Å². The second-order valence-corrected chi connectivity index (χ2v) is 5.49. The largest absolute Gasteiger partial charge is 0.463 e. The van der Waals surface area contributed by atoms with Gasteiger partial charge in [0.25, 0.3) is 5.56 Å². The fourth-order valence-electron chi connectivity index (χ4n) is 1.61. The molecule has 0 spiro atoms. The number of rotatable bonds is 4. The van der Waals surface area contributed by atoms with Gasteiger partial charge in [0, 0.05) is 17.8 Å². The topological polar surface area (TPSA) is 60.1 Å². The molecule has 0 aliphatic rings. The molecule has 0 aliphatic heterocycles. The minimum absolute atomic E-state index is 0.0465. The first-order chi connectivity index (χ1) is 8.94. The van der Waals surface area contributed by atoms with E-state index in [1.807, 2.05) is 12.1 Å². The molecule has 0 unspecified atom stereocenters. The highest BCUT2D eigenvalue weighted by Crippen LogP contribution is 2.10. The van der Waals surface area contributed by atoms with Gasteiger partial charge < -0.3 is 9.73 Å². The predicted molar refractivity (Wildman–Crippen MR) is 72.9 cm³/mol. The molecule has 5 heteroatoms. The number of aromatic nitrogens is 2. The smallest absolute Gasteiger partial charge is 0.267 e. The van der Waals surface area contributed by atoms with Gasteiger partial charge in [0.15, 0.2) is 0 Å². The molecule has 0 fully saturated rings. The second kappa shape index (κ2) is 5.40. The van der Waals surface area contributed by atoms with E-state index in [4.69, 9.17) is 4.42 Å². The van der Waals surface area contributed by atoms with Crippen LogP contribution in [0, 0.1) is 0 Å². The lowest BCUT2D eigenvalue weighted by molar-refractivity contribution is 0.373. The molecule has 0 amide bonds. The zero-order valence-electron chi connectivity index (χ0n) is 11.5. The van der Waals surface area contributed by atoms with Crippen LogP contribution in [0.15, 0.2) is 39.7 Å². The first-order valence-corrected chi connectivity index (χ1v) is 6.29. The zero-order chi connectivity index (χ0) is 13.9. The van der Waals surface area contributed by atoms with Crippen molar-refractivity contribution in [1.29, 1.82) is 0 Å². The maximum atomic E-state index is 11.5. The van der Waals surface area contributed by atoms with Crippen LogP contribution in [0.3, 0.4) is 0 Å². The molecule has 0 saturated heterocycles. The highest BCUT2D eigenvalue weighted by Gasteiger charge is 2.10. The Labute approximate surface area is 112 Å². The van der Waals surface area contributed by atoms with Gasteiger partial charge in [0.1, 0.15) is 18.1 Å². The molecule has 2 rings (SSSR count). The van der Waals surface area contributed by atoms with Crippen LogP contribution < -0.4 is 10.9 Å². The van der Waals surface area contributed by atoms with Crippen LogP contribution in [0.5, 0.6) is 0 Å². The maximum absolute atomic E-state index is 11.5. The van der Waals surface area contributed by atoms with E-state index in [2.05, 4.69) is 31.2 Å². The van der Waals surface area contributed by atoms with E-state index in [1.165, 1.54) is 10.7 Å². The Morgan fingerprint density at radius 1 is 1.26 bits per heavy atom. The third kappa shape index (κ3) is 4.06. The van der Waals surface area contributed by atoms with Gasteiger partial charge in [-0.15, -0.1) is 0 Å². The average molecular weight is 261 g/mol. The number of furan rings is 1.